The van der Waals surface area contributed by atoms with E-state index in [1.54, 1.807) is 38.5 Å². The first-order valence-electron chi connectivity index (χ1n) is 12.1. The number of methoxy groups -OCH3 is 2. The quantitative estimate of drug-likeness (QED) is 0.394. The number of aromatic hydroxyl groups is 1. The molecule has 0 unspecified atom stereocenters. The van der Waals surface area contributed by atoms with Gasteiger partial charge in [-0.25, -0.2) is 0 Å². The summed E-state index contributed by atoms with van der Waals surface area (Å²) in [6.45, 7) is 1.31. The van der Waals surface area contributed by atoms with Gasteiger partial charge in [-0.1, -0.05) is 12.1 Å². The van der Waals surface area contributed by atoms with E-state index in [0.29, 0.717) is 18.0 Å². The number of aryl methyl sites for hydroxylation is 2. The molecule has 0 bridgehead atoms. The van der Waals surface area contributed by atoms with E-state index >= 15 is 0 Å². The smallest absolute Gasteiger partial charge is 0.231 e. The Balaban J connectivity index is 1.46. The average Bonchev–Trinajstić information content (AvgIpc) is 3.37. The number of fused-ring (bicyclic) bond motifs is 5. The van der Waals surface area contributed by atoms with Gasteiger partial charge >= 0.3 is 0 Å². The van der Waals surface area contributed by atoms with Gasteiger partial charge in [0.1, 0.15) is 5.75 Å². The van der Waals surface area contributed by atoms with E-state index in [1.165, 1.54) is 5.56 Å². The Morgan fingerprint density at radius 2 is 1.81 bits per heavy atom. The van der Waals surface area contributed by atoms with Crippen LogP contribution >= 0.6 is 0 Å². The molecular weight excluding hydrogens is 472 g/mol. The second-order valence-corrected chi connectivity index (χ2v) is 9.14. The lowest BCUT2D eigenvalue weighted by Gasteiger charge is -2.21. The molecule has 8 nitrogen and oxygen atoms in total. The molecule has 3 heterocycles. The molecule has 0 radical (unpaired) electrons. The summed E-state index contributed by atoms with van der Waals surface area (Å²) in [6.07, 6.45) is 3.15. The summed E-state index contributed by atoms with van der Waals surface area (Å²) in [4.78, 5) is 12.9. The van der Waals surface area contributed by atoms with Crippen LogP contribution in [0.2, 0.25) is 0 Å². The summed E-state index contributed by atoms with van der Waals surface area (Å²) < 4.78 is 24.8. The minimum Gasteiger partial charge on any atom is -0.508 e. The molecule has 2 aliphatic rings. The van der Waals surface area contributed by atoms with Gasteiger partial charge in [-0.2, -0.15) is 4.57 Å². The molecule has 1 aromatic heterocycles. The minimum atomic E-state index is -0.108. The predicted octanol–water partition coefficient (Wildman–Crippen LogP) is 3.66. The SMILES string of the molecule is COc1ccc2c(CNC(=O)Cc3ccc(O)cc3)c3[n+](cc2c1OC)CCc1cc2c(cc1-3)OCO2. The number of nitrogens with one attached hydrogen (secondary N) is 1. The zero-order valence-electron chi connectivity index (χ0n) is 20.7. The van der Waals surface area contributed by atoms with Crippen LogP contribution in [0.15, 0.2) is 54.7 Å². The first kappa shape index (κ1) is 23.0. The van der Waals surface area contributed by atoms with Gasteiger partial charge in [0.05, 0.1) is 37.2 Å². The maximum atomic E-state index is 12.9. The summed E-state index contributed by atoms with van der Waals surface area (Å²) >= 11 is 0. The molecule has 6 rings (SSSR count). The fourth-order valence-electron chi connectivity index (χ4n) is 5.24. The molecule has 0 saturated carbocycles. The van der Waals surface area contributed by atoms with Gasteiger partial charge in [0.25, 0.3) is 0 Å². The largest absolute Gasteiger partial charge is 0.508 e. The van der Waals surface area contributed by atoms with Crippen molar-refractivity contribution in [1.82, 2.24) is 5.32 Å². The van der Waals surface area contributed by atoms with Gasteiger partial charge in [-0.05, 0) is 47.5 Å². The predicted molar refractivity (Wildman–Crippen MR) is 136 cm³/mol. The Bertz CT molecular complexity index is 1530. The summed E-state index contributed by atoms with van der Waals surface area (Å²) in [5.74, 6) is 2.86. The fourth-order valence-corrected chi connectivity index (χ4v) is 5.24. The third-order valence-corrected chi connectivity index (χ3v) is 7.01. The number of pyridine rings is 1. The van der Waals surface area contributed by atoms with Gasteiger partial charge < -0.3 is 29.4 Å². The Hall–Kier alpha value is -4.46. The number of carbonyl (C=O) groups excluding carboxylic acids is 1. The van der Waals surface area contributed by atoms with Crippen molar-refractivity contribution >= 4 is 16.7 Å². The van der Waals surface area contributed by atoms with Crippen LogP contribution in [0, 0.1) is 0 Å². The molecule has 0 aliphatic carbocycles. The summed E-state index contributed by atoms with van der Waals surface area (Å²) in [5.41, 5.74) is 5.09. The number of phenolic OH excluding ortho intramolecular Hbond substituents is 1. The summed E-state index contributed by atoms with van der Waals surface area (Å²) in [5, 5.41) is 14.5. The minimum absolute atomic E-state index is 0.108. The molecular formula is C29H27N2O6+. The third kappa shape index (κ3) is 4.04. The lowest BCUT2D eigenvalue weighted by atomic mass is 9.91. The Labute approximate surface area is 214 Å². The van der Waals surface area contributed by atoms with Crippen LogP contribution in [0.1, 0.15) is 16.7 Å². The van der Waals surface area contributed by atoms with Gasteiger partial charge in [0, 0.05) is 18.4 Å². The van der Waals surface area contributed by atoms with Crippen molar-refractivity contribution in [3.05, 3.63) is 71.4 Å². The molecule has 0 spiro atoms. The van der Waals surface area contributed by atoms with Crippen LogP contribution in [0.3, 0.4) is 0 Å². The van der Waals surface area contributed by atoms with Crippen LogP contribution in [-0.4, -0.2) is 32.0 Å². The monoisotopic (exact) mass is 499 g/mol. The number of rotatable bonds is 6. The maximum absolute atomic E-state index is 12.9. The molecule has 1 amide bonds. The number of hydrogen-bond donors (Lipinski definition) is 2. The highest BCUT2D eigenvalue weighted by Gasteiger charge is 2.32. The maximum Gasteiger partial charge on any atom is 0.231 e. The van der Waals surface area contributed by atoms with E-state index in [4.69, 9.17) is 18.9 Å². The van der Waals surface area contributed by atoms with E-state index in [0.717, 1.165) is 57.6 Å². The topological polar surface area (TPSA) is 90.1 Å². The van der Waals surface area contributed by atoms with Crippen molar-refractivity contribution in [3.63, 3.8) is 0 Å². The first-order valence-corrected chi connectivity index (χ1v) is 12.1. The Morgan fingerprint density at radius 3 is 2.57 bits per heavy atom. The molecule has 2 N–H and O–H groups in total. The van der Waals surface area contributed by atoms with Gasteiger partial charge in [0.2, 0.25) is 18.4 Å². The standard InChI is InChI=1S/C29H26N2O6/c1-34-24-8-7-20-22(14-30-27(33)11-17-3-5-19(32)6-4-17)28-21-13-26-25(36-16-37-26)12-18(21)9-10-31(28)15-23(20)29(24)35-2/h3-8,12-13,15H,9-11,14,16H2,1-2H3,(H-,30,32,33)/p+1. The normalized spacial score (nSPS) is 13.1. The molecule has 8 heteroatoms. The van der Waals surface area contributed by atoms with Crippen LogP contribution in [-0.2, 0) is 30.7 Å². The lowest BCUT2D eigenvalue weighted by molar-refractivity contribution is -0.686. The molecule has 188 valence electrons. The van der Waals surface area contributed by atoms with Crippen LogP contribution in [0.4, 0.5) is 0 Å². The number of aromatic nitrogens is 1. The Kier molecular flexibility index (Phi) is 5.71. The highest BCUT2D eigenvalue weighted by Crippen LogP contribution is 2.43. The zero-order chi connectivity index (χ0) is 25.5. The molecule has 4 aromatic rings. The second kappa shape index (κ2) is 9.20. The second-order valence-electron chi connectivity index (χ2n) is 9.14. The highest BCUT2D eigenvalue weighted by atomic mass is 16.7. The molecule has 0 saturated heterocycles. The van der Waals surface area contributed by atoms with Crippen molar-refractivity contribution in [2.75, 3.05) is 21.0 Å². The lowest BCUT2D eigenvalue weighted by Crippen LogP contribution is -2.42. The van der Waals surface area contributed by atoms with Crippen LogP contribution in [0.5, 0.6) is 28.7 Å². The van der Waals surface area contributed by atoms with Crippen molar-refractivity contribution in [2.45, 2.75) is 25.9 Å². The fraction of sp³-hybridized carbons (Fsp3) is 0.241. The number of hydrogen-bond acceptors (Lipinski definition) is 6. The molecule has 0 atom stereocenters. The zero-order valence-corrected chi connectivity index (χ0v) is 20.7. The molecule has 3 aromatic carbocycles. The van der Waals surface area contributed by atoms with Gasteiger partial charge in [0.15, 0.2) is 35.7 Å². The first-order chi connectivity index (χ1) is 18.1. The van der Waals surface area contributed by atoms with E-state index in [2.05, 4.69) is 22.1 Å². The molecule has 2 aliphatic heterocycles. The van der Waals surface area contributed by atoms with Crippen LogP contribution < -0.4 is 28.8 Å². The Morgan fingerprint density at radius 1 is 1.03 bits per heavy atom. The number of nitrogens with zero attached hydrogens (tertiary/aromatic N) is 1. The van der Waals surface area contributed by atoms with Crippen molar-refractivity contribution in [2.24, 2.45) is 0 Å². The van der Waals surface area contributed by atoms with Gasteiger partial charge in [-0.3, -0.25) is 4.79 Å². The van der Waals surface area contributed by atoms with E-state index in [9.17, 15) is 9.90 Å². The summed E-state index contributed by atoms with van der Waals surface area (Å²) in [6, 6.07) is 14.7. The number of amides is 1. The number of benzene rings is 3. The average molecular weight is 500 g/mol. The number of phenols is 1. The van der Waals surface area contributed by atoms with Crippen molar-refractivity contribution in [3.8, 4) is 40.0 Å². The summed E-state index contributed by atoms with van der Waals surface area (Å²) in [7, 11) is 3.26. The van der Waals surface area contributed by atoms with Gasteiger partial charge in [-0.15, -0.1) is 0 Å². The number of carbonyl (C=O) groups is 1. The molecule has 0 fully saturated rings. The third-order valence-electron chi connectivity index (χ3n) is 7.01. The van der Waals surface area contributed by atoms with Crippen molar-refractivity contribution < 1.29 is 33.4 Å². The van der Waals surface area contributed by atoms with Crippen LogP contribution in [0.25, 0.3) is 22.0 Å². The van der Waals surface area contributed by atoms with E-state index in [-0.39, 0.29) is 24.9 Å². The van der Waals surface area contributed by atoms with E-state index < -0.39 is 0 Å². The van der Waals surface area contributed by atoms with Crippen molar-refractivity contribution in [1.29, 1.82) is 0 Å². The van der Waals surface area contributed by atoms with E-state index in [1.807, 2.05) is 18.2 Å². The number of ether oxygens (including phenoxy) is 4. The highest BCUT2D eigenvalue weighted by molar-refractivity contribution is 5.95. The molecule has 37 heavy (non-hydrogen) atoms.